The van der Waals surface area contributed by atoms with Crippen LogP contribution in [0.5, 0.6) is 0 Å². The van der Waals surface area contributed by atoms with Crippen LogP contribution in [-0.2, 0) is 0 Å². The van der Waals surface area contributed by atoms with Crippen molar-refractivity contribution in [2.24, 2.45) is 10.2 Å². The van der Waals surface area contributed by atoms with Crippen LogP contribution in [0.25, 0.3) is 10.2 Å². The Morgan fingerprint density at radius 1 is 1.04 bits per heavy atom. The van der Waals surface area contributed by atoms with Crippen LogP contribution in [0.3, 0.4) is 0 Å². The van der Waals surface area contributed by atoms with Crippen molar-refractivity contribution < 1.29 is 9.85 Å². The summed E-state index contributed by atoms with van der Waals surface area (Å²) in [5.74, 6) is 0. The van der Waals surface area contributed by atoms with Crippen molar-refractivity contribution in [2.75, 3.05) is 0 Å². The number of rotatable bonds is 5. The number of azo groups is 1. The Labute approximate surface area is 145 Å². The zero-order valence-corrected chi connectivity index (χ0v) is 13.6. The van der Waals surface area contributed by atoms with Crippen LogP contribution in [-0.4, -0.2) is 14.8 Å². The fourth-order valence-electron chi connectivity index (χ4n) is 2.11. The van der Waals surface area contributed by atoms with E-state index in [2.05, 4.69) is 15.2 Å². The van der Waals surface area contributed by atoms with Crippen molar-refractivity contribution in [3.63, 3.8) is 0 Å². The van der Waals surface area contributed by atoms with Crippen LogP contribution in [0, 0.1) is 26.6 Å². The number of nitrogens with zero attached hydrogens (tertiary/aromatic N) is 5. The minimum Gasteiger partial charge on any atom is -0.258 e. The molecule has 0 aliphatic rings. The Morgan fingerprint density at radius 2 is 1.68 bits per heavy atom. The van der Waals surface area contributed by atoms with Gasteiger partial charge in [0.05, 0.1) is 31.8 Å². The average Bonchev–Trinajstić information content (AvgIpc) is 3.01. The molecule has 125 valence electrons. The molecule has 0 atom stereocenters. The summed E-state index contributed by atoms with van der Waals surface area (Å²) in [7, 11) is 0. The fraction of sp³-hybridized carbons (Fsp3) is 0.0667. The highest BCUT2D eigenvalue weighted by Gasteiger charge is 2.26. The highest BCUT2D eigenvalue weighted by atomic mass is 32.1. The largest absolute Gasteiger partial charge is 0.348 e. The zero-order valence-electron chi connectivity index (χ0n) is 12.8. The van der Waals surface area contributed by atoms with E-state index >= 15 is 0 Å². The highest BCUT2D eigenvalue weighted by molar-refractivity contribution is 7.22. The van der Waals surface area contributed by atoms with E-state index in [1.165, 1.54) is 0 Å². The first-order valence-corrected chi connectivity index (χ1v) is 7.84. The number of aromatic nitrogens is 1. The van der Waals surface area contributed by atoms with Gasteiger partial charge in [0.2, 0.25) is 5.13 Å². The van der Waals surface area contributed by atoms with E-state index in [0.717, 1.165) is 29.0 Å². The van der Waals surface area contributed by atoms with Crippen LogP contribution in [0.4, 0.5) is 22.2 Å². The standard InChI is InChI=1S/C15H10N5O4S/c1-2-9-3-5-10(6-4-9)17-18-15-16-11-7-12(19(21)22)13(20(23)24)8-14(11)25-15/h2-8H,1H3. The van der Waals surface area contributed by atoms with Gasteiger partial charge >= 0.3 is 11.4 Å². The third-order valence-corrected chi connectivity index (χ3v) is 4.25. The number of fused-ring (bicyclic) bond motifs is 1. The molecule has 3 aromatic rings. The molecule has 0 amide bonds. The second kappa shape index (κ2) is 6.69. The van der Waals surface area contributed by atoms with Crippen molar-refractivity contribution >= 4 is 43.7 Å². The van der Waals surface area contributed by atoms with Gasteiger partial charge in [-0.2, -0.15) is 0 Å². The Kier molecular flexibility index (Phi) is 4.44. The SMILES string of the molecule is C[CH]c1ccc(N=Nc2nc3cc([N+](=O)[O-])c([N+](=O)[O-])cc3s2)cc1. The molecule has 0 aliphatic carbocycles. The predicted octanol–water partition coefficient (Wildman–Crippen LogP) is 5.10. The van der Waals surface area contributed by atoms with Crippen LogP contribution >= 0.6 is 11.3 Å². The lowest BCUT2D eigenvalue weighted by atomic mass is 10.2. The first-order chi connectivity index (χ1) is 12.0. The van der Waals surface area contributed by atoms with Crippen molar-refractivity contribution in [1.82, 2.24) is 4.98 Å². The zero-order chi connectivity index (χ0) is 18.0. The molecule has 1 aromatic heterocycles. The molecule has 0 unspecified atom stereocenters. The van der Waals surface area contributed by atoms with Crippen LogP contribution < -0.4 is 0 Å². The summed E-state index contributed by atoms with van der Waals surface area (Å²) in [5, 5.41) is 30.3. The highest BCUT2D eigenvalue weighted by Crippen LogP contribution is 2.37. The minimum atomic E-state index is -0.801. The molecule has 9 nitrogen and oxygen atoms in total. The number of benzene rings is 2. The van der Waals surface area contributed by atoms with E-state index in [4.69, 9.17) is 0 Å². The van der Waals surface area contributed by atoms with Gasteiger partial charge in [-0.1, -0.05) is 30.4 Å². The lowest BCUT2D eigenvalue weighted by Crippen LogP contribution is -1.96. The fourth-order valence-corrected chi connectivity index (χ4v) is 2.91. The summed E-state index contributed by atoms with van der Waals surface area (Å²) in [6.45, 7) is 1.93. The summed E-state index contributed by atoms with van der Waals surface area (Å²) in [6, 6.07) is 9.58. The molecule has 2 aromatic carbocycles. The van der Waals surface area contributed by atoms with Crippen molar-refractivity contribution in [2.45, 2.75) is 6.92 Å². The summed E-state index contributed by atoms with van der Waals surface area (Å²) in [5.41, 5.74) is 0.779. The van der Waals surface area contributed by atoms with E-state index in [9.17, 15) is 20.2 Å². The number of nitro benzene ring substituents is 2. The Hall–Kier alpha value is -3.27. The number of thiazole rings is 1. The van der Waals surface area contributed by atoms with Gasteiger partial charge in [0, 0.05) is 6.07 Å². The van der Waals surface area contributed by atoms with Crippen LogP contribution in [0.2, 0.25) is 0 Å². The molecule has 3 rings (SSSR count). The monoisotopic (exact) mass is 356 g/mol. The second-order valence-corrected chi connectivity index (χ2v) is 5.91. The molecule has 0 aliphatic heterocycles. The maximum absolute atomic E-state index is 11.0. The lowest BCUT2D eigenvalue weighted by molar-refractivity contribution is -0.422. The second-order valence-electron chi connectivity index (χ2n) is 4.90. The molecule has 25 heavy (non-hydrogen) atoms. The molecular weight excluding hydrogens is 346 g/mol. The first-order valence-electron chi connectivity index (χ1n) is 7.02. The summed E-state index contributed by atoms with van der Waals surface area (Å²) < 4.78 is 0.433. The van der Waals surface area contributed by atoms with Gasteiger partial charge in [0.25, 0.3) is 0 Å². The summed E-state index contributed by atoms with van der Waals surface area (Å²) in [6.07, 6.45) is 1.95. The minimum absolute atomic E-state index is 0.260. The van der Waals surface area contributed by atoms with E-state index in [1.54, 1.807) is 12.1 Å². The van der Waals surface area contributed by atoms with E-state index < -0.39 is 21.2 Å². The Morgan fingerprint density at radius 3 is 2.28 bits per heavy atom. The predicted molar refractivity (Wildman–Crippen MR) is 92.6 cm³/mol. The maximum atomic E-state index is 11.0. The molecule has 0 N–H and O–H groups in total. The molecule has 1 heterocycles. The van der Waals surface area contributed by atoms with Gasteiger partial charge in [-0.15, -0.1) is 10.2 Å². The molecule has 0 saturated heterocycles. The molecular formula is C15H10N5O4S. The number of hydrogen-bond donors (Lipinski definition) is 0. The average molecular weight is 356 g/mol. The normalized spacial score (nSPS) is 11.2. The number of nitro groups is 2. The van der Waals surface area contributed by atoms with Gasteiger partial charge in [-0.3, -0.25) is 20.2 Å². The molecule has 0 fully saturated rings. The molecule has 0 saturated carbocycles. The third-order valence-electron chi connectivity index (χ3n) is 3.34. The van der Waals surface area contributed by atoms with Gasteiger partial charge in [0.1, 0.15) is 0 Å². The van der Waals surface area contributed by atoms with Crippen LogP contribution in [0.15, 0.2) is 46.6 Å². The Balaban J connectivity index is 1.96. The van der Waals surface area contributed by atoms with Crippen molar-refractivity contribution in [3.05, 3.63) is 68.6 Å². The molecule has 10 heteroatoms. The van der Waals surface area contributed by atoms with Crippen LogP contribution in [0.1, 0.15) is 12.5 Å². The van der Waals surface area contributed by atoms with E-state index in [1.807, 2.05) is 25.5 Å². The van der Waals surface area contributed by atoms with E-state index in [-0.39, 0.29) is 10.6 Å². The maximum Gasteiger partial charge on any atom is 0.348 e. The van der Waals surface area contributed by atoms with Crippen molar-refractivity contribution in [3.8, 4) is 0 Å². The molecule has 0 bridgehead atoms. The number of hydrogen-bond acceptors (Lipinski definition) is 8. The topological polar surface area (TPSA) is 124 Å². The smallest absolute Gasteiger partial charge is 0.258 e. The molecule has 1 radical (unpaired) electrons. The van der Waals surface area contributed by atoms with Crippen molar-refractivity contribution in [1.29, 1.82) is 0 Å². The third kappa shape index (κ3) is 3.48. The van der Waals surface area contributed by atoms with Gasteiger partial charge in [0.15, 0.2) is 0 Å². The van der Waals surface area contributed by atoms with Gasteiger partial charge in [-0.05, 0) is 24.1 Å². The summed E-state index contributed by atoms with van der Waals surface area (Å²) >= 11 is 1.07. The Bertz CT molecular complexity index is 946. The lowest BCUT2D eigenvalue weighted by Gasteiger charge is -1.94. The first kappa shape index (κ1) is 16.6. The van der Waals surface area contributed by atoms with E-state index in [0.29, 0.717) is 10.4 Å². The molecule has 0 spiro atoms. The van der Waals surface area contributed by atoms with Gasteiger partial charge < -0.3 is 0 Å². The van der Waals surface area contributed by atoms with Gasteiger partial charge in [-0.25, -0.2) is 4.98 Å². The summed E-state index contributed by atoms with van der Waals surface area (Å²) in [4.78, 5) is 24.5. The quantitative estimate of drug-likeness (QED) is 0.357.